The van der Waals surface area contributed by atoms with E-state index in [4.69, 9.17) is 4.74 Å². The molecule has 0 bridgehead atoms. The highest BCUT2D eigenvalue weighted by molar-refractivity contribution is 8.15. The number of amidine groups is 1. The van der Waals surface area contributed by atoms with Crippen LogP contribution in [0.25, 0.3) is 0 Å². The normalized spacial score (nSPS) is 20.4. The van der Waals surface area contributed by atoms with Gasteiger partial charge < -0.3 is 4.74 Å². The second-order valence-electron chi connectivity index (χ2n) is 6.16. The Hall–Kier alpha value is -2.08. The lowest BCUT2D eigenvalue weighted by molar-refractivity contribution is -0.137. The number of nitrogens with zero attached hydrogens (tertiary/aromatic N) is 2. The molecule has 0 aromatic heterocycles. The van der Waals surface area contributed by atoms with Crippen LogP contribution in [-0.2, 0) is 14.3 Å². The van der Waals surface area contributed by atoms with Crippen molar-refractivity contribution in [1.82, 2.24) is 4.90 Å². The lowest BCUT2D eigenvalue weighted by atomic mass is 9.92. The molecule has 1 aromatic rings. The molecule has 126 valence electrons. The maximum atomic E-state index is 12.4. The number of benzene rings is 1. The lowest BCUT2D eigenvalue weighted by Gasteiger charge is -2.32. The van der Waals surface area contributed by atoms with Crippen LogP contribution in [0.4, 0.5) is 0 Å². The number of fused-ring (bicyclic) bond motifs is 1. The zero-order chi connectivity index (χ0) is 17.4. The summed E-state index contributed by atoms with van der Waals surface area (Å²) < 4.78 is 4.95. The molecule has 1 unspecified atom stereocenters. The Labute approximate surface area is 145 Å². The van der Waals surface area contributed by atoms with E-state index in [2.05, 4.69) is 18.8 Å². The topological polar surface area (TPSA) is 59.0 Å². The molecule has 1 atom stereocenters. The van der Waals surface area contributed by atoms with Crippen LogP contribution in [0, 0.1) is 0 Å². The second kappa shape index (κ2) is 6.43. The third-order valence-electron chi connectivity index (χ3n) is 4.31. The summed E-state index contributed by atoms with van der Waals surface area (Å²) in [6.07, 6.45) is 0. The number of aliphatic imine (C=N–C) groups is 1. The van der Waals surface area contributed by atoms with E-state index >= 15 is 0 Å². The van der Waals surface area contributed by atoms with Crippen molar-refractivity contribution >= 4 is 28.8 Å². The summed E-state index contributed by atoms with van der Waals surface area (Å²) in [6, 6.07) is 7.58. The van der Waals surface area contributed by atoms with Crippen LogP contribution in [0.3, 0.4) is 0 Å². The fourth-order valence-electron chi connectivity index (χ4n) is 2.99. The first kappa shape index (κ1) is 16.8. The molecule has 1 saturated heterocycles. The van der Waals surface area contributed by atoms with Crippen LogP contribution >= 0.6 is 11.8 Å². The number of hydrogen-bond acceptors (Lipinski definition) is 5. The third kappa shape index (κ3) is 2.75. The predicted molar refractivity (Wildman–Crippen MR) is 94.7 cm³/mol. The Morgan fingerprint density at radius 2 is 2.00 bits per heavy atom. The van der Waals surface area contributed by atoms with Crippen molar-refractivity contribution < 1.29 is 14.3 Å². The highest BCUT2D eigenvalue weighted by atomic mass is 32.2. The Kier molecular flexibility index (Phi) is 4.49. The van der Waals surface area contributed by atoms with Gasteiger partial charge in [-0.05, 0) is 24.0 Å². The van der Waals surface area contributed by atoms with E-state index in [0.717, 1.165) is 5.56 Å². The zero-order valence-electron chi connectivity index (χ0n) is 14.2. The largest absolute Gasteiger partial charge is 0.466 e. The summed E-state index contributed by atoms with van der Waals surface area (Å²) in [5, 5.41) is 0.656. The van der Waals surface area contributed by atoms with E-state index in [0.29, 0.717) is 28.1 Å². The first-order chi connectivity index (χ1) is 11.4. The van der Waals surface area contributed by atoms with Gasteiger partial charge in [-0.2, -0.15) is 0 Å². The Balaban J connectivity index is 2.11. The van der Waals surface area contributed by atoms with Crippen molar-refractivity contribution in [1.29, 1.82) is 0 Å². The zero-order valence-corrected chi connectivity index (χ0v) is 15.0. The Bertz CT molecular complexity index is 750. The minimum atomic E-state index is -0.478. The number of carbonyl (C=O) groups excluding carboxylic acids is 2. The number of ether oxygens (including phenoxy) is 1. The highest BCUT2D eigenvalue weighted by Crippen LogP contribution is 2.41. The van der Waals surface area contributed by atoms with Crippen molar-refractivity contribution in [2.24, 2.45) is 4.99 Å². The first-order valence-corrected chi connectivity index (χ1v) is 8.85. The maximum absolute atomic E-state index is 12.4. The molecule has 0 radical (unpaired) electrons. The van der Waals surface area contributed by atoms with Crippen LogP contribution in [0.15, 0.2) is 40.5 Å². The molecule has 2 aliphatic rings. The molecule has 3 rings (SSSR count). The number of methoxy groups -OCH3 is 1. The summed E-state index contributed by atoms with van der Waals surface area (Å²) in [5.74, 6) is 0.286. The van der Waals surface area contributed by atoms with Gasteiger partial charge in [-0.15, -0.1) is 0 Å². The lowest BCUT2D eigenvalue weighted by Crippen LogP contribution is -2.39. The second-order valence-corrected chi connectivity index (χ2v) is 7.10. The number of amides is 1. The average Bonchev–Trinajstić information content (AvgIpc) is 2.93. The number of allylic oxidation sites excluding steroid dienone is 1. The Morgan fingerprint density at radius 1 is 1.33 bits per heavy atom. The van der Waals surface area contributed by atoms with Gasteiger partial charge in [0.2, 0.25) is 5.91 Å². The molecular weight excluding hydrogens is 324 g/mol. The molecule has 6 heteroatoms. The van der Waals surface area contributed by atoms with Crippen LogP contribution in [0.5, 0.6) is 0 Å². The average molecular weight is 344 g/mol. The van der Waals surface area contributed by atoms with Gasteiger partial charge in [0, 0.05) is 0 Å². The minimum Gasteiger partial charge on any atom is -0.466 e. The number of esters is 1. The number of thioether (sulfide) groups is 1. The van der Waals surface area contributed by atoms with Gasteiger partial charge in [-0.3, -0.25) is 9.69 Å². The van der Waals surface area contributed by atoms with E-state index in [1.165, 1.54) is 24.4 Å². The molecule has 24 heavy (non-hydrogen) atoms. The van der Waals surface area contributed by atoms with E-state index in [-0.39, 0.29) is 5.91 Å². The molecule has 1 amide bonds. The fraction of sp³-hybridized carbons (Fsp3) is 0.389. The minimum absolute atomic E-state index is 0.0365. The van der Waals surface area contributed by atoms with Gasteiger partial charge in [0.25, 0.3) is 0 Å². The predicted octanol–water partition coefficient (Wildman–Crippen LogP) is 3.24. The molecule has 1 aromatic carbocycles. The van der Waals surface area contributed by atoms with E-state index in [1.807, 2.05) is 24.3 Å². The van der Waals surface area contributed by atoms with Gasteiger partial charge in [-0.25, -0.2) is 9.79 Å². The van der Waals surface area contributed by atoms with Crippen LogP contribution in [0.2, 0.25) is 0 Å². The summed E-state index contributed by atoms with van der Waals surface area (Å²) in [5.41, 5.74) is 3.14. The summed E-state index contributed by atoms with van der Waals surface area (Å²) in [7, 11) is 1.35. The van der Waals surface area contributed by atoms with Crippen molar-refractivity contribution in [3.05, 3.63) is 46.7 Å². The smallest absolute Gasteiger partial charge is 0.338 e. The number of rotatable bonds is 3. The fourth-order valence-corrected chi connectivity index (χ4v) is 3.93. The SMILES string of the molecule is COC(=O)C1=C(C)N=C2SCC(=O)N2C1c1ccc(C(C)C)cc1. The van der Waals surface area contributed by atoms with Crippen LogP contribution < -0.4 is 0 Å². The molecule has 1 fully saturated rings. The summed E-state index contributed by atoms with van der Waals surface area (Å²) in [6.45, 7) is 6.05. The van der Waals surface area contributed by atoms with E-state index in [9.17, 15) is 9.59 Å². The monoisotopic (exact) mass is 344 g/mol. The van der Waals surface area contributed by atoms with Gasteiger partial charge in [0.15, 0.2) is 5.17 Å². The Morgan fingerprint density at radius 3 is 2.58 bits per heavy atom. The highest BCUT2D eigenvalue weighted by Gasteiger charge is 2.43. The maximum Gasteiger partial charge on any atom is 0.338 e. The van der Waals surface area contributed by atoms with E-state index in [1.54, 1.807) is 11.8 Å². The molecular formula is C18H20N2O3S. The van der Waals surface area contributed by atoms with Gasteiger partial charge >= 0.3 is 5.97 Å². The van der Waals surface area contributed by atoms with Crippen LogP contribution in [0.1, 0.15) is 43.9 Å². The molecule has 0 aliphatic carbocycles. The number of carbonyl (C=O) groups is 2. The van der Waals surface area contributed by atoms with Crippen LogP contribution in [-0.4, -0.2) is 34.8 Å². The van der Waals surface area contributed by atoms with Crippen molar-refractivity contribution in [2.75, 3.05) is 12.9 Å². The third-order valence-corrected chi connectivity index (χ3v) is 5.25. The molecule has 0 saturated carbocycles. The summed E-state index contributed by atoms with van der Waals surface area (Å²) in [4.78, 5) is 30.8. The van der Waals surface area contributed by atoms with Gasteiger partial charge in [0.1, 0.15) is 0 Å². The van der Waals surface area contributed by atoms with Gasteiger partial charge in [0.05, 0.1) is 30.2 Å². The number of hydrogen-bond donors (Lipinski definition) is 0. The quantitative estimate of drug-likeness (QED) is 0.790. The standard InChI is InChI=1S/C18H20N2O3S/c1-10(2)12-5-7-13(8-6-12)16-15(17(22)23-4)11(3)19-18-20(16)14(21)9-24-18/h5-8,10,16H,9H2,1-4H3. The molecule has 2 heterocycles. The first-order valence-electron chi connectivity index (χ1n) is 7.86. The molecule has 2 aliphatic heterocycles. The molecule has 5 nitrogen and oxygen atoms in total. The van der Waals surface area contributed by atoms with Crippen molar-refractivity contribution in [3.8, 4) is 0 Å². The molecule has 0 spiro atoms. The summed E-state index contributed by atoms with van der Waals surface area (Å²) >= 11 is 1.41. The van der Waals surface area contributed by atoms with E-state index < -0.39 is 12.0 Å². The van der Waals surface area contributed by atoms with Gasteiger partial charge in [-0.1, -0.05) is 49.9 Å². The van der Waals surface area contributed by atoms with Crippen molar-refractivity contribution in [3.63, 3.8) is 0 Å². The van der Waals surface area contributed by atoms with Crippen molar-refractivity contribution in [2.45, 2.75) is 32.7 Å². The molecule has 0 N–H and O–H groups in total.